The second kappa shape index (κ2) is 3.93. The van der Waals surface area contributed by atoms with Gasteiger partial charge >= 0.3 is 0 Å². The highest BCUT2D eigenvalue weighted by atomic mass is 16.2. The van der Waals surface area contributed by atoms with Crippen molar-refractivity contribution in [3.8, 4) is 0 Å². The van der Waals surface area contributed by atoms with Gasteiger partial charge in [-0.1, -0.05) is 30.3 Å². The summed E-state index contributed by atoms with van der Waals surface area (Å²) in [5.74, 6) is 0.330. The van der Waals surface area contributed by atoms with Crippen LogP contribution in [0.5, 0.6) is 0 Å². The number of fused-ring (bicyclic) bond motifs is 2. The Hall–Kier alpha value is -1.31. The van der Waals surface area contributed by atoms with Crippen molar-refractivity contribution in [1.29, 1.82) is 0 Å². The molecule has 2 aliphatic rings. The van der Waals surface area contributed by atoms with Crippen molar-refractivity contribution in [2.45, 2.75) is 44.2 Å². The van der Waals surface area contributed by atoms with Crippen LogP contribution in [-0.2, 0) is 11.2 Å². The SMILES string of the molecule is O=C(Cc1ccccc1)N1C2CCC1CC2. The van der Waals surface area contributed by atoms with Crippen molar-refractivity contribution in [2.24, 2.45) is 0 Å². The molecule has 1 aromatic carbocycles. The van der Waals surface area contributed by atoms with E-state index >= 15 is 0 Å². The number of carbonyl (C=O) groups excluding carboxylic acids is 1. The third kappa shape index (κ3) is 1.62. The zero-order valence-corrected chi connectivity index (χ0v) is 9.43. The number of nitrogens with zero attached hydrogens (tertiary/aromatic N) is 1. The Bertz CT molecular complexity index is 367. The molecule has 2 fully saturated rings. The monoisotopic (exact) mass is 215 g/mol. The van der Waals surface area contributed by atoms with Crippen LogP contribution in [0.1, 0.15) is 31.2 Å². The smallest absolute Gasteiger partial charge is 0.227 e. The molecule has 0 spiro atoms. The summed E-state index contributed by atoms with van der Waals surface area (Å²) in [6.07, 6.45) is 5.49. The molecule has 2 heteroatoms. The Morgan fingerprint density at radius 3 is 2.19 bits per heavy atom. The third-order valence-electron chi connectivity index (χ3n) is 3.94. The maximum atomic E-state index is 12.2. The molecule has 84 valence electrons. The summed E-state index contributed by atoms with van der Waals surface area (Å²) in [6, 6.07) is 11.2. The molecule has 2 aliphatic heterocycles. The fourth-order valence-corrected chi connectivity index (χ4v) is 3.18. The summed E-state index contributed by atoms with van der Waals surface area (Å²) < 4.78 is 0. The Kier molecular flexibility index (Phi) is 2.43. The summed E-state index contributed by atoms with van der Waals surface area (Å²) >= 11 is 0. The molecule has 0 saturated carbocycles. The molecule has 1 amide bonds. The van der Waals surface area contributed by atoms with Crippen molar-refractivity contribution in [3.63, 3.8) is 0 Å². The lowest BCUT2D eigenvalue weighted by molar-refractivity contribution is -0.131. The minimum atomic E-state index is 0.330. The second-order valence-electron chi connectivity index (χ2n) is 4.93. The standard InChI is InChI=1S/C14H17NO/c16-14(10-11-4-2-1-3-5-11)15-12-6-7-13(15)9-8-12/h1-5,12-13H,6-10H2. The van der Waals surface area contributed by atoms with E-state index in [2.05, 4.69) is 4.90 Å². The van der Waals surface area contributed by atoms with Gasteiger partial charge in [0, 0.05) is 12.1 Å². The van der Waals surface area contributed by atoms with Crippen LogP contribution in [-0.4, -0.2) is 22.9 Å². The summed E-state index contributed by atoms with van der Waals surface area (Å²) in [5.41, 5.74) is 1.14. The summed E-state index contributed by atoms with van der Waals surface area (Å²) in [5, 5.41) is 0. The molecule has 0 radical (unpaired) electrons. The summed E-state index contributed by atoms with van der Waals surface area (Å²) in [7, 11) is 0. The van der Waals surface area contributed by atoms with E-state index in [1.54, 1.807) is 0 Å². The fourth-order valence-electron chi connectivity index (χ4n) is 3.18. The summed E-state index contributed by atoms with van der Waals surface area (Å²) in [4.78, 5) is 14.4. The van der Waals surface area contributed by atoms with Gasteiger partial charge in [0.25, 0.3) is 0 Å². The molecule has 1 aromatic rings. The molecule has 0 aliphatic carbocycles. The molecule has 2 saturated heterocycles. The Balaban J connectivity index is 1.70. The topological polar surface area (TPSA) is 20.3 Å². The van der Waals surface area contributed by atoms with Crippen LogP contribution in [0.3, 0.4) is 0 Å². The minimum Gasteiger partial charge on any atom is -0.336 e. The van der Waals surface area contributed by atoms with Crippen molar-refractivity contribution in [3.05, 3.63) is 35.9 Å². The highest BCUT2D eigenvalue weighted by molar-refractivity contribution is 5.80. The van der Waals surface area contributed by atoms with Crippen LogP contribution in [0.25, 0.3) is 0 Å². The first-order valence-electron chi connectivity index (χ1n) is 6.19. The molecular formula is C14H17NO. The van der Waals surface area contributed by atoms with Gasteiger partial charge < -0.3 is 4.90 Å². The molecule has 2 bridgehead atoms. The summed E-state index contributed by atoms with van der Waals surface area (Å²) in [6.45, 7) is 0. The van der Waals surface area contributed by atoms with Crippen LogP contribution >= 0.6 is 0 Å². The van der Waals surface area contributed by atoms with E-state index < -0.39 is 0 Å². The maximum absolute atomic E-state index is 12.2. The van der Waals surface area contributed by atoms with Gasteiger partial charge in [-0.25, -0.2) is 0 Å². The zero-order valence-electron chi connectivity index (χ0n) is 9.43. The number of benzene rings is 1. The van der Waals surface area contributed by atoms with Crippen LogP contribution in [0.2, 0.25) is 0 Å². The quantitative estimate of drug-likeness (QED) is 0.741. The molecule has 16 heavy (non-hydrogen) atoms. The predicted molar refractivity (Wildman–Crippen MR) is 63.0 cm³/mol. The first-order valence-corrected chi connectivity index (χ1v) is 6.19. The predicted octanol–water partition coefficient (Wildman–Crippen LogP) is 2.38. The fraction of sp³-hybridized carbons (Fsp3) is 0.500. The first-order chi connectivity index (χ1) is 7.84. The van der Waals surface area contributed by atoms with Crippen LogP contribution < -0.4 is 0 Å². The molecule has 0 atom stereocenters. The van der Waals surface area contributed by atoms with E-state index in [-0.39, 0.29) is 0 Å². The van der Waals surface area contributed by atoms with Gasteiger partial charge in [0.05, 0.1) is 6.42 Å². The van der Waals surface area contributed by atoms with Crippen LogP contribution in [0, 0.1) is 0 Å². The number of amides is 1. The van der Waals surface area contributed by atoms with Gasteiger partial charge in [0.15, 0.2) is 0 Å². The largest absolute Gasteiger partial charge is 0.336 e. The zero-order chi connectivity index (χ0) is 11.0. The van der Waals surface area contributed by atoms with Gasteiger partial charge in [-0.15, -0.1) is 0 Å². The average molecular weight is 215 g/mol. The number of carbonyl (C=O) groups is 1. The highest BCUT2D eigenvalue weighted by Gasteiger charge is 2.41. The van der Waals surface area contributed by atoms with Crippen molar-refractivity contribution in [1.82, 2.24) is 4.90 Å². The van der Waals surface area contributed by atoms with Gasteiger partial charge in [-0.3, -0.25) is 4.79 Å². The normalized spacial score (nSPS) is 27.4. The number of hydrogen-bond donors (Lipinski definition) is 0. The van der Waals surface area contributed by atoms with E-state index in [4.69, 9.17) is 0 Å². The highest BCUT2D eigenvalue weighted by Crippen LogP contribution is 2.37. The Morgan fingerprint density at radius 2 is 1.62 bits per heavy atom. The second-order valence-corrected chi connectivity index (χ2v) is 4.93. The maximum Gasteiger partial charge on any atom is 0.227 e. The molecule has 0 unspecified atom stereocenters. The van der Waals surface area contributed by atoms with Gasteiger partial charge in [0.2, 0.25) is 5.91 Å². The van der Waals surface area contributed by atoms with Crippen molar-refractivity contribution in [2.75, 3.05) is 0 Å². The van der Waals surface area contributed by atoms with Crippen LogP contribution in [0.15, 0.2) is 30.3 Å². The van der Waals surface area contributed by atoms with Crippen molar-refractivity contribution < 1.29 is 4.79 Å². The molecule has 0 N–H and O–H groups in total. The number of hydrogen-bond acceptors (Lipinski definition) is 1. The molecule has 2 nitrogen and oxygen atoms in total. The van der Waals surface area contributed by atoms with E-state index in [1.807, 2.05) is 30.3 Å². The molecule has 2 heterocycles. The number of rotatable bonds is 2. The van der Waals surface area contributed by atoms with E-state index in [1.165, 1.54) is 25.7 Å². The minimum absolute atomic E-state index is 0.330. The Morgan fingerprint density at radius 1 is 1.06 bits per heavy atom. The average Bonchev–Trinajstić information content (AvgIpc) is 2.89. The first kappa shape index (κ1) is 9.88. The lowest BCUT2D eigenvalue weighted by atomic mass is 10.0. The van der Waals surface area contributed by atoms with Crippen molar-refractivity contribution >= 4 is 5.91 Å². The molecular weight excluding hydrogens is 198 g/mol. The lowest BCUT2D eigenvalue weighted by Gasteiger charge is -2.22. The van der Waals surface area contributed by atoms with Gasteiger partial charge in [-0.2, -0.15) is 0 Å². The lowest BCUT2D eigenvalue weighted by Crippen LogP contribution is -2.36. The van der Waals surface area contributed by atoms with Crippen LogP contribution in [0.4, 0.5) is 0 Å². The molecule has 3 rings (SSSR count). The molecule has 0 aromatic heterocycles. The Labute approximate surface area is 96.3 Å². The van der Waals surface area contributed by atoms with E-state index in [0.717, 1.165) is 5.56 Å². The van der Waals surface area contributed by atoms with Gasteiger partial charge in [-0.05, 0) is 31.2 Å². The third-order valence-corrected chi connectivity index (χ3v) is 3.94. The van der Waals surface area contributed by atoms with E-state index in [0.29, 0.717) is 24.4 Å². The van der Waals surface area contributed by atoms with Gasteiger partial charge in [0.1, 0.15) is 0 Å². The van der Waals surface area contributed by atoms with E-state index in [9.17, 15) is 4.79 Å².